The van der Waals surface area contributed by atoms with Crippen LogP contribution in [0.4, 0.5) is 0 Å². The van der Waals surface area contributed by atoms with Crippen molar-refractivity contribution in [3.63, 3.8) is 0 Å². The van der Waals surface area contributed by atoms with Gasteiger partial charge in [0.05, 0.1) is 21.7 Å². The molecule has 74 valence electrons. The number of pyridine rings is 1. The Morgan fingerprint density at radius 2 is 2.29 bits per heavy atom. The van der Waals surface area contributed by atoms with Crippen molar-refractivity contribution in [2.24, 2.45) is 5.92 Å². The molecule has 1 N–H and O–H groups in total. The van der Waals surface area contributed by atoms with E-state index < -0.39 is 5.97 Å². The van der Waals surface area contributed by atoms with E-state index in [-0.39, 0.29) is 11.8 Å². The number of carbonyl (C=O) groups is 1. The van der Waals surface area contributed by atoms with Crippen molar-refractivity contribution in [3.8, 4) is 0 Å². The van der Waals surface area contributed by atoms with Gasteiger partial charge >= 0.3 is 5.97 Å². The van der Waals surface area contributed by atoms with Crippen LogP contribution in [0.2, 0.25) is 10.0 Å². The first-order chi connectivity index (χ1) is 6.59. The van der Waals surface area contributed by atoms with E-state index in [1.54, 1.807) is 6.07 Å². The fourth-order valence-corrected chi connectivity index (χ4v) is 1.99. The molecule has 3 nitrogen and oxygen atoms in total. The van der Waals surface area contributed by atoms with Crippen molar-refractivity contribution in [2.75, 3.05) is 0 Å². The van der Waals surface area contributed by atoms with Crippen LogP contribution in [0, 0.1) is 5.92 Å². The third-order valence-electron chi connectivity index (χ3n) is 2.30. The molecule has 1 saturated carbocycles. The molecule has 2 unspecified atom stereocenters. The molecule has 2 rings (SSSR count). The van der Waals surface area contributed by atoms with E-state index in [0.717, 1.165) is 0 Å². The zero-order valence-corrected chi connectivity index (χ0v) is 8.59. The molecule has 1 aliphatic carbocycles. The summed E-state index contributed by atoms with van der Waals surface area (Å²) in [6.45, 7) is 0. The topological polar surface area (TPSA) is 50.2 Å². The van der Waals surface area contributed by atoms with Crippen LogP contribution in [0.1, 0.15) is 18.0 Å². The SMILES string of the molecule is O=C(O)C1CC1c1ncc(Cl)cc1Cl. The Kier molecular flexibility index (Phi) is 2.37. The predicted molar refractivity (Wildman–Crippen MR) is 52.7 cm³/mol. The minimum Gasteiger partial charge on any atom is -0.481 e. The van der Waals surface area contributed by atoms with Gasteiger partial charge in [0.2, 0.25) is 0 Å². The molecule has 14 heavy (non-hydrogen) atoms. The summed E-state index contributed by atoms with van der Waals surface area (Å²) in [4.78, 5) is 14.7. The Bertz CT molecular complexity index is 394. The van der Waals surface area contributed by atoms with E-state index in [1.807, 2.05) is 0 Å². The van der Waals surface area contributed by atoms with E-state index in [1.165, 1.54) is 6.20 Å². The zero-order chi connectivity index (χ0) is 10.3. The van der Waals surface area contributed by atoms with Crippen LogP contribution >= 0.6 is 23.2 Å². The smallest absolute Gasteiger partial charge is 0.307 e. The maximum atomic E-state index is 10.6. The molecule has 0 aromatic carbocycles. The number of hydrogen-bond donors (Lipinski definition) is 1. The zero-order valence-electron chi connectivity index (χ0n) is 7.08. The van der Waals surface area contributed by atoms with Crippen molar-refractivity contribution >= 4 is 29.2 Å². The van der Waals surface area contributed by atoms with Crippen molar-refractivity contribution in [2.45, 2.75) is 12.3 Å². The van der Waals surface area contributed by atoms with Crippen LogP contribution in [0.15, 0.2) is 12.3 Å². The summed E-state index contributed by atoms with van der Waals surface area (Å²) in [6.07, 6.45) is 2.10. The number of aliphatic carboxylic acids is 1. The molecular formula is C9H7Cl2NO2. The van der Waals surface area contributed by atoms with Gasteiger partial charge in [-0.25, -0.2) is 0 Å². The average Bonchev–Trinajstić information content (AvgIpc) is 2.83. The van der Waals surface area contributed by atoms with E-state index in [4.69, 9.17) is 28.3 Å². The van der Waals surface area contributed by atoms with Crippen molar-refractivity contribution in [1.29, 1.82) is 0 Å². The molecule has 0 amide bonds. The van der Waals surface area contributed by atoms with Crippen molar-refractivity contribution in [3.05, 3.63) is 28.0 Å². The van der Waals surface area contributed by atoms with Gasteiger partial charge in [-0.1, -0.05) is 23.2 Å². The van der Waals surface area contributed by atoms with Crippen LogP contribution < -0.4 is 0 Å². The van der Waals surface area contributed by atoms with Gasteiger partial charge < -0.3 is 5.11 Å². The molecular weight excluding hydrogens is 225 g/mol. The summed E-state index contributed by atoms with van der Waals surface area (Å²) >= 11 is 11.6. The van der Waals surface area contributed by atoms with Gasteiger partial charge in [-0.15, -0.1) is 0 Å². The number of carboxylic acid groups (broad SMARTS) is 1. The quantitative estimate of drug-likeness (QED) is 0.852. The van der Waals surface area contributed by atoms with Crippen molar-refractivity contribution in [1.82, 2.24) is 4.98 Å². The van der Waals surface area contributed by atoms with Crippen LogP contribution in [0.3, 0.4) is 0 Å². The molecule has 2 atom stereocenters. The average molecular weight is 232 g/mol. The Morgan fingerprint density at radius 3 is 2.79 bits per heavy atom. The molecule has 1 aliphatic rings. The molecule has 1 aromatic rings. The highest BCUT2D eigenvalue weighted by Gasteiger charge is 2.46. The number of halogens is 2. The number of rotatable bonds is 2. The molecule has 0 saturated heterocycles. The van der Waals surface area contributed by atoms with Gasteiger partial charge in [0.15, 0.2) is 0 Å². The molecule has 1 fully saturated rings. The van der Waals surface area contributed by atoms with E-state index >= 15 is 0 Å². The second kappa shape index (κ2) is 3.41. The standard InChI is InChI=1S/C9H7Cl2NO2/c10-4-1-7(11)8(12-3-4)5-2-6(5)9(13)14/h1,3,5-6H,2H2,(H,13,14). The maximum absolute atomic E-state index is 10.6. The Labute approximate surface area is 90.7 Å². The molecule has 5 heteroatoms. The van der Waals surface area contributed by atoms with Gasteiger partial charge in [0, 0.05) is 12.1 Å². The lowest BCUT2D eigenvalue weighted by Crippen LogP contribution is -2.00. The first kappa shape index (κ1) is 9.74. The summed E-state index contributed by atoms with van der Waals surface area (Å²) in [7, 11) is 0. The molecule has 0 spiro atoms. The molecule has 1 heterocycles. The number of aromatic nitrogens is 1. The largest absolute Gasteiger partial charge is 0.481 e. The lowest BCUT2D eigenvalue weighted by molar-refractivity contribution is -0.138. The predicted octanol–water partition coefficient (Wildman–Crippen LogP) is 2.58. The summed E-state index contributed by atoms with van der Waals surface area (Å²) in [5.41, 5.74) is 0.642. The molecule has 0 bridgehead atoms. The van der Waals surface area contributed by atoms with E-state index in [2.05, 4.69) is 4.98 Å². The minimum atomic E-state index is -0.789. The van der Waals surface area contributed by atoms with Gasteiger partial charge in [-0.05, 0) is 12.5 Å². The second-order valence-electron chi connectivity index (χ2n) is 3.31. The normalized spacial score (nSPS) is 24.7. The van der Waals surface area contributed by atoms with Crippen LogP contribution in [-0.2, 0) is 4.79 Å². The monoisotopic (exact) mass is 231 g/mol. The summed E-state index contributed by atoms with van der Waals surface area (Å²) in [5.74, 6) is -1.17. The Morgan fingerprint density at radius 1 is 1.57 bits per heavy atom. The van der Waals surface area contributed by atoms with E-state index in [9.17, 15) is 4.79 Å². The highest BCUT2D eigenvalue weighted by Crippen LogP contribution is 2.48. The van der Waals surface area contributed by atoms with E-state index in [0.29, 0.717) is 22.2 Å². The third kappa shape index (κ3) is 1.70. The van der Waals surface area contributed by atoms with Crippen LogP contribution in [0.25, 0.3) is 0 Å². The van der Waals surface area contributed by atoms with Crippen LogP contribution in [0.5, 0.6) is 0 Å². The summed E-state index contributed by atoms with van der Waals surface area (Å²) in [6, 6.07) is 1.59. The van der Waals surface area contributed by atoms with Gasteiger partial charge in [0.25, 0.3) is 0 Å². The number of carboxylic acids is 1. The molecule has 1 aromatic heterocycles. The Hall–Kier alpha value is -0.800. The highest BCUT2D eigenvalue weighted by atomic mass is 35.5. The van der Waals surface area contributed by atoms with Gasteiger partial charge in [-0.2, -0.15) is 0 Å². The lowest BCUT2D eigenvalue weighted by Gasteiger charge is -2.00. The summed E-state index contributed by atoms with van der Waals surface area (Å²) in [5, 5.41) is 9.65. The minimum absolute atomic E-state index is 0.0442. The molecule has 0 aliphatic heterocycles. The fraction of sp³-hybridized carbons (Fsp3) is 0.333. The van der Waals surface area contributed by atoms with Gasteiger partial charge in [-0.3, -0.25) is 9.78 Å². The first-order valence-electron chi connectivity index (χ1n) is 4.13. The van der Waals surface area contributed by atoms with Gasteiger partial charge in [0.1, 0.15) is 0 Å². The molecule has 0 radical (unpaired) electrons. The fourth-order valence-electron chi connectivity index (χ4n) is 1.47. The van der Waals surface area contributed by atoms with Crippen LogP contribution in [-0.4, -0.2) is 16.1 Å². The van der Waals surface area contributed by atoms with Crippen molar-refractivity contribution < 1.29 is 9.90 Å². The lowest BCUT2D eigenvalue weighted by atomic mass is 10.2. The third-order valence-corrected chi connectivity index (χ3v) is 2.80. The first-order valence-corrected chi connectivity index (χ1v) is 4.89. The second-order valence-corrected chi connectivity index (χ2v) is 4.15. The summed E-state index contributed by atoms with van der Waals surface area (Å²) < 4.78 is 0. The number of nitrogens with zero attached hydrogens (tertiary/aromatic N) is 1. The highest BCUT2D eigenvalue weighted by molar-refractivity contribution is 6.34. The maximum Gasteiger partial charge on any atom is 0.307 e. The number of hydrogen-bond acceptors (Lipinski definition) is 2. The Balaban J connectivity index is 2.23.